The Morgan fingerprint density at radius 3 is 3.00 bits per heavy atom. The molecule has 1 amide bonds. The molecule has 1 unspecified atom stereocenters. The Morgan fingerprint density at radius 2 is 2.35 bits per heavy atom. The largest absolute Gasteiger partial charge is 0.380 e. The predicted octanol–water partition coefficient (Wildman–Crippen LogP) is -0.138. The van der Waals surface area contributed by atoms with E-state index in [9.17, 15) is 4.79 Å². The van der Waals surface area contributed by atoms with E-state index in [0.717, 1.165) is 6.42 Å². The number of carbonyl (C=O) groups excluding carboxylic acids is 1. The van der Waals surface area contributed by atoms with Crippen molar-refractivity contribution in [1.82, 2.24) is 29.7 Å². The number of nitrogens with zero attached hydrogens (tertiary/aromatic N) is 6. The molecule has 8 nitrogen and oxygen atoms in total. The minimum atomic E-state index is -0.119. The molecule has 106 valence electrons. The van der Waals surface area contributed by atoms with Crippen LogP contribution >= 0.6 is 0 Å². The summed E-state index contributed by atoms with van der Waals surface area (Å²) in [7, 11) is 3.48. The topological polar surface area (TPSA) is 78.1 Å². The van der Waals surface area contributed by atoms with Crippen molar-refractivity contribution in [2.75, 3.05) is 20.2 Å². The SMILES string of the molecule is COC1CCN(C(=O)c2cn(-c3ccn(C)n3)nn2)C1. The lowest BCUT2D eigenvalue weighted by atomic mass is 10.3. The van der Waals surface area contributed by atoms with E-state index >= 15 is 0 Å². The molecule has 0 aromatic carbocycles. The van der Waals surface area contributed by atoms with Crippen molar-refractivity contribution in [3.8, 4) is 5.82 Å². The van der Waals surface area contributed by atoms with Crippen molar-refractivity contribution in [3.63, 3.8) is 0 Å². The van der Waals surface area contributed by atoms with E-state index in [-0.39, 0.29) is 12.0 Å². The number of likely N-dealkylation sites (tertiary alicyclic amines) is 1. The van der Waals surface area contributed by atoms with E-state index in [4.69, 9.17) is 4.74 Å². The van der Waals surface area contributed by atoms with Gasteiger partial charge in [0.05, 0.1) is 12.3 Å². The predicted molar refractivity (Wildman–Crippen MR) is 69.4 cm³/mol. The standard InChI is InChI=1S/C12H16N6O2/c1-16-5-4-11(14-16)18-8-10(13-15-18)12(19)17-6-3-9(7-17)20-2/h4-5,8-9H,3,6-7H2,1-2H3. The average molecular weight is 276 g/mol. The number of aromatic nitrogens is 5. The lowest BCUT2D eigenvalue weighted by Gasteiger charge is -2.13. The molecule has 0 bridgehead atoms. The molecule has 1 atom stereocenters. The molecule has 2 aromatic heterocycles. The van der Waals surface area contributed by atoms with Gasteiger partial charge >= 0.3 is 0 Å². The molecule has 3 heterocycles. The van der Waals surface area contributed by atoms with Crippen molar-refractivity contribution in [3.05, 3.63) is 24.2 Å². The highest BCUT2D eigenvalue weighted by molar-refractivity contribution is 5.92. The zero-order valence-electron chi connectivity index (χ0n) is 11.4. The molecule has 0 spiro atoms. The number of methoxy groups -OCH3 is 1. The maximum Gasteiger partial charge on any atom is 0.276 e. The van der Waals surface area contributed by atoms with E-state index < -0.39 is 0 Å². The zero-order valence-corrected chi connectivity index (χ0v) is 11.4. The van der Waals surface area contributed by atoms with Gasteiger partial charge in [-0.25, -0.2) is 0 Å². The summed E-state index contributed by atoms with van der Waals surface area (Å²) < 4.78 is 8.42. The third-order valence-corrected chi connectivity index (χ3v) is 3.41. The second kappa shape index (κ2) is 5.04. The van der Waals surface area contributed by atoms with Gasteiger partial charge in [0.25, 0.3) is 5.91 Å². The minimum absolute atomic E-state index is 0.116. The highest BCUT2D eigenvalue weighted by Crippen LogP contribution is 2.14. The fourth-order valence-electron chi connectivity index (χ4n) is 2.27. The second-order valence-electron chi connectivity index (χ2n) is 4.79. The number of hydrogen-bond acceptors (Lipinski definition) is 5. The maximum absolute atomic E-state index is 12.3. The molecule has 20 heavy (non-hydrogen) atoms. The van der Waals surface area contributed by atoms with Gasteiger partial charge in [0.15, 0.2) is 11.5 Å². The summed E-state index contributed by atoms with van der Waals surface area (Å²) in [6.45, 7) is 1.29. The van der Waals surface area contributed by atoms with Gasteiger partial charge in [-0.3, -0.25) is 9.48 Å². The van der Waals surface area contributed by atoms with E-state index in [1.807, 2.05) is 13.2 Å². The molecular formula is C12H16N6O2. The maximum atomic E-state index is 12.3. The van der Waals surface area contributed by atoms with E-state index in [1.165, 1.54) is 4.68 Å². The Morgan fingerprint density at radius 1 is 1.50 bits per heavy atom. The van der Waals surface area contributed by atoms with Gasteiger partial charge in [0.2, 0.25) is 0 Å². The first-order valence-corrected chi connectivity index (χ1v) is 6.42. The first kappa shape index (κ1) is 12.8. The molecule has 2 aromatic rings. The summed E-state index contributed by atoms with van der Waals surface area (Å²) in [5, 5.41) is 12.1. The first-order valence-electron chi connectivity index (χ1n) is 6.42. The van der Waals surface area contributed by atoms with Crippen LogP contribution in [-0.4, -0.2) is 61.9 Å². The Bertz CT molecular complexity index is 619. The van der Waals surface area contributed by atoms with Crippen LogP contribution in [0.25, 0.3) is 5.82 Å². The van der Waals surface area contributed by atoms with Crippen LogP contribution in [0.5, 0.6) is 0 Å². The molecule has 1 fully saturated rings. The van der Waals surface area contributed by atoms with Crippen LogP contribution in [0.4, 0.5) is 0 Å². The zero-order chi connectivity index (χ0) is 14.1. The first-order chi connectivity index (χ1) is 9.67. The normalized spacial score (nSPS) is 18.7. The van der Waals surface area contributed by atoms with Crippen LogP contribution in [-0.2, 0) is 11.8 Å². The van der Waals surface area contributed by atoms with Gasteiger partial charge in [-0.15, -0.1) is 5.10 Å². The minimum Gasteiger partial charge on any atom is -0.380 e. The lowest BCUT2D eigenvalue weighted by Crippen LogP contribution is -2.30. The Hall–Kier alpha value is -2.22. The van der Waals surface area contributed by atoms with Crippen LogP contribution in [0.1, 0.15) is 16.9 Å². The molecule has 0 aliphatic carbocycles. The number of hydrogen-bond donors (Lipinski definition) is 0. The molecule has 0 N–H and O–H groups in total. The van der Waals surface area contributed by atoms with Gasteiger partial charge in [0, 0.05) is 39.5 Å². The molecule has 0 radical (unpaired) electrons. The van der Waals surface area contributed by atoms with E-state index in [1.54, 1.807) is 29.0 Å². The van der Waals surface area contributed by atoms with Gasteiger partial charge in [-0.1, -0.05) is 5.21 Å². The van der Waals surface area contributed by atoms with Gasteiger partial charge in [0.1, 0.15) is 0 Å². The van der Waals surface area contributed by atoms with E-state index in [2.05, 4.69) is 15.4 Å². The van der Waals surface area contributed by atoms with Crippen molar-refractivity contribution in [2.24, 2.45) is 7.05 Å². The van der Waals surface area contributed by atoms with Crippen LogP contribution in [0.3, 0.4) is 0 Å². The molecule has 1 aliphatic heterocycles. The van der Waals surface area contributed by atoms with Crippen LogP contribution in [0.2, 0.25) is 0 Å². The van der Waals surface area contributed by atoms with E-state index in [0.29, 0.717) is 24.6 Å². The Labute approximate surface area is 115 Å². The highest BCUT2D eigenvalue weighted by atomic mass is 16.5. The summed E-state index contributed by atoms with van der Waals surface area (Å²) in [6, 6.07) is 1.81. The molecule has 1 aliphatic rings. The van der Waals surface area contributed by atoms with Gasteiger partial charge in [-0.05, 0) is 6.42 Å². The fourth-order valence-corrected chi connectivity index (χ4v) is 2.27. The monoisotopic (exact) mass is 276 g/mol. The summed E-state index contributed by atoms with van der Waals surface area (Å²) in [5.74, 6) is 0.516. The number of ether oxygens (including phenoxy) is 1. The van der Waals surface area contributed by atoms with Crippen molar-refractivity contribution >= 4 is 5.91 Å². The summed E-state index contributed by atoms with van der Waals surface area (Å²) in [4.78, 5) is 14.0. The number of aryl methyl sites for hydroxylation is 1. The third kappa shape index (κ3) is 2.29. The lowest BCUT2D eigenvalue weighted by molar-refractivity contribution is 0.0719. The number of rotatable bonds is 3. The molecule has 8 heteroatoms. The molecule has 0 saturated carbocycles. The van der Waals surface area contributed by atoms with Crippen molar-refractivity contribution in [1.29, 1.82) is 0 Å². The summed E-state index contributed by atoms with van der Waals surface area (Å²) in [5.41, 5.74) is 0.326. The number of carbonyl (C=O) groups is 1. The quantitative estimate of drug-likeness (QED) is 0.780. The molecular weight excluding hydrogens is 260 g/mol. The van der Waals surface area contributed by atoms with Crippen LogP contribution in [0, 0.1) is 0 Å². The van der Waals surface area contributed by atoms with Gasteiger partial charge < -0.3 is 9.64 Å². The smallest absolute Gasteiger partial charge is 0.276 e. The second-order valence-corrected chi connectivity index (χ2v) is 4.79. The third-order valence-electron chi connectivity index (χ3n) is 3.41. The van der Waals surface area contributed by atoms with Crippen LogP contribution < -0.4 is 0 Å². The Kier molecular flexibility index (Phi) is 3.23. The van der Waals surface area contributed by atoms with Crippen molar-refractivity contribution in [2.45, 2.75) is 12.5 Å². The summed E-state index contributed by atoms with van der Waals surface area (Å²) in [6.07, 6.45) is 4.38. The fraction of sp³-hybridized carbons (Fsp3) is 0.500. The Balaban J connectivity index is 1.75. The molecule has 3 rings (SSSR count). The number of amides is 1. The highest BCUT2D eigenvalue weighted by Gasteiger charge is 2.28. The van der Waals surface area contributed by atoms with Crippen LogP contribution in [0.15, 0.2) is 18.5 Å². The van der Waals surface area contributed by atoms with Gasteiger partial charge in [-0.2, -0.15) is 9.78 Å². The average Bonchev–Trinajstić information content (AvgIpc) is 3.17. The van der Waals surface area contributed by atoms with Crippen molar-refractivity contribution < 1.29 is 9.53 Å². The summed E-state index contributed by atoms with van der Waals surface area (Å²) >= 11 is 0. The molecule has 1 saturated heterocycles.